The van der Waals surface area contributed by atoms with Crippen LogP contribution < -0.4 is 0 Å². The number of amides is 1. The quantitative estimate of drug-likeness (QED) is 0.476. The number of ether oxygens (including phenoxy) is 1. The van der Waals surface area contributed by atoms with Crippen LogP contribution in [0.15, 0.2) is 33.3 Å². The third-order valence-electron chi connectivity index (χ3n) is 5.27. The summed E-state index contributed by atoms with van der Waals surface area (Å²) in [5, 5.41) is 4.01. The number of nitrogens with zero attached hydrogens (tertiary/aromatic N) is 2. The van der Waals surface area contributed by atoms with E-state index in [1.165, 1.54) is 0 Å². The Labute approximate surface area is 192 Å². The van der Waals surface area contributed by atoms with Gasteiger partial charge in [-0.3, -0.25) is 4.79 Å². The highest BCUT2D eigenvalue weighted by Gasteiger charge is 2.30. The fourth-order valence-corrected chi connectivity index (χ4v) is 4.05. The molecule has 1 aromatic heterocycles. The highest BCUT2D eigenvalue weighted by atomic mass is 79.9. The number of aromatic nitrogens is 1. The van der Waals surface area contributed by atoms with Gasteiger partial charge in [0.25, 0.3) is 0 Å². The minimum absolute atomic E-state index is 0.0159. The van der Waals surface area contributed by atoms with Gasteiger partial charge in [0, 0.05) is 35.5 Å². The van der Waals surface area contributed by atoms with Crippen molar-refractivity contribution in [2.75, 3.05) is 6.54 Å². The number of benzene rings is 1. The van der Waals surface area contributed by atoms with Gasteiger partial charge >= 0.3 is 6.09 Å². The molecule has 1 aliphatic rings. The maximum Gasteiger partial charge on any atom is 0.410 e. The van der Waals surface area contributed by atoms with Crippen LogP contribution in [0.5, 0.6) is 0 Å². The molecule has 3 rings (SSSR count). The highest BCUT2D eigenvalue weighted by Crippen LogP contribution is 2.34. The second-order valence-electron chi connectivity index (χ2n) is 10.2. The monoisotopic (exact) mass is 490 g/mol. The summed E-state index contributed by atoms with van der Waals surface area (Å²) >= 11 is 3.53. The molecule has 1 unspecified atom stereocenters. The number of carbonyl (C=O) groups is 2. The van der Waals surface area contributed by atoms with Gasteiger partial charge in [-0.05, 0) is 56.4 Å². The lowest BCUT2D eigenvalue weighted by atomic mass is 9.87. The first kappa shape index (κ1) is 23.5. The Balaban J connectivity index is 1.82. The Kier molecular flexibility index (Phi) is 6.65. The number of hydrogen-bond acceptors (Lipinski definition) is 5. The number of Topliss-reactive ketones (excluding diaryl/α,β-unsaturated/α-hetero) is 1. The van der Waals surface area contributed by atoms with E-state index in [0.717, 1.165) is 15.6 Å². The minimum atomic E-state index is -0.559. The lowest BCUT2D eigenvalue weighted by Gasteiger charge is -2.26. The van der Waals surface area contributed by atoms with Crippen LogP contribution in [0.2, 0.25) is 0 Å². The van der Waals surface area contributed by atoms with Crippen molar-refractivity contribution in [2.45, 2.75) is 77.9 Å². The van der Waals surface area contributed by atoms with Crippen molar-refractivity contribution >= 4 is 27.8 Å². The molecule has 1 aromatic carbocycles. The first-order valence-electron chi connectivity index (χ1n) is 10.6. The molecule has 0 spiro atoms. The van der Waals surface area contributed by atoms with Gasteiger partial charge in [0.05, 0.1) is 0 Å². The summed E-state index contributed by atoms with van der Waals surface area (Å²) in [6.07, 6.45) is 0.646. The molecule has 1 aliphatic heterocycles. The van der Waals surface area contributed by atoms with Crippen LogP contribution in [-0.2, 0) is 16.7 Å². The van der Waals surface area contributed by atoms with E-state index in [1.807, 2.05) is 59.7 Å². The smallest absolute Gasteiger partial charge is 0.410 e. The van der Waals surface area contributed by atoms with Crippen molar-refractivity contribution in [1.29, 1.82) is 0 Å². The first-order chi connectivity index (χ1) is 14.3. The number of hydrogen-bond donors (Lipinski definition) is 0. The lowest BCUT2D eigenvalue weighted by molar-refractivity contribution is 0.0235. The van der Waals surface area contributed by atoms with Crippen molar-refractivity contribution in [1.82, 2.24) is 10.1 Å². The van der Waals surface area contributed by atoms with Crippen LogP contribution in [0.4, 0.5) is 4.79 Å². The van der Waals surface area contributed by atoms with Gasteiger partial charge < -0.3 is 14.2 Å². The zero-order chi connectivity index (χ0) is 23.0. The zero-order valence-corrected chi connectivity index (χ0v) is 20.7. The van der Waals surface area contributed by atoms with E-state index < -0.39 is 5.60 Å². The molecule has 0 N–H and O–H groups in total. The predicted molar refractivity (Wildman–Crippen MR) is 122 cm³/mol. The predicted octanol–water partition coefficient (Wildman–Crippen LogP) is 6.23. The third-order valence-corrected chi connectivity index (χ3v) is 5.77. The largest absolute Gasteiger partial charge is 0.444 e. The van der Waals surface area contributed by atoms with E-state index in [0.29, 0.717) is 37.4 Å². The summed E-state index contributed by atoms with van der Waals surface area (Å²) in [5.74, 6) is 0.624. The Bertz CT molecular complexity index is 969. The summed E-state index contributed by atoms with van der Waals surface area (Å²) in [4.78, 5) is 27.4. The molecule has 168 valence electrons. The van der Waals surface area contributed by atoms with Crippen molar-refractivity contribution in [3.63, 3.8) is 0 Å². The number of rotatable bonds is 3. The van der Waals surface area contributed by atoms with E-state index in [9.17, 15) is 9.59 Å². The fourth-order valence-electron chi connectivity index (χ4n) is 3.64. The average molecular weight is 491 g/mol. The van der Waals surface area contributed by atoms with Crippen LogP contribution in [0.1, 0.15) is 87.7 Å². The van der Waals surface area contributed by atoms with E-state index in [4.69, 9.17) is 9.26 Å². The summed E-state index contributed by atoms with van der Waals surface area (Å²) in [6.45, 7) is 12.6. The van der Waals surface area contributed by atoms with Crippen LogP contribution >= 0.6 is 15.9 Å². The molecule has 31 heavy (non-hydrogen) atoms. The van der Waals surface area contributed by atoms with E-state index in [-0.39, 0.29) is 23.2 Å². The van der Waals surface area contributed by atoms with E-state index >= 15 is 0 Å². The molecule has 0 aliphatic carbocycles. The SMILES string of the molecule is CC(C)(C)OC(=O)N1CCC(CC(=O)c2cc(C(C)(C)C)on2)c2ccc(Br)cc2C1. The van der Waals surface area contributed by atoms with Gasteiger partial charge in [0.1, 0.15) is 17.1 Å². The number of fused-ring (bicyclic) bond motifs is 1. The molecule has 0 saturated carbocycles. The molecule has 1 amide bonds. The van der Waals surface area contributed by atoms with Gasteiger partial charge in [0.15, 0.2) is 5.78 Å². The van der Waals surface area contributed by atoms with E-state index in [2.05, 4.69) is 21.1 Å². The fraction of sp³-hybridized carbons (Fsp3) is 0.542. The first-order valence-corrected chi connectivity index (χ1v) is 11.4. The van der Waals surface area contributed by atoms with Crippen LogP contribution in [0, 0.1) is 0 Å². The molecule has 0 saturated heterocycles. The molecule has 6 nitrogen and oxygen atoms in total. The van der Waals surface area contributed by atoms with Crippen molar-refractivity contribution < 1.29 is 18.8 Å². The Morgan fingerprint density at radius 3 is 2.52 bits per heavy atom. The minimum Gasteiger partial charge on any atom is -0.444 e. The summed E-state index contributed by atoms with van der Waals surface area (Å²) < 4.78 is 11.9. The molecule has 7 heteroatoms. The molecule has 0 bridgehead atoms. The van der Waals surface area contributed by atoms with Gasteiger partial charge in [0.2, 0.25) is 0 Å². The zero-order valence-electron chi connectivity index (χ0n) is 19.1. The van der Waals surface area contributed by atoms with Crippen LogP contribution in [0.3, 0.4) is 0 Å². The van der Waals surface area contributed by atoms with Gasteiger partial charge in [-0.15, -0.1) is 0 Å². The Morgan fingerprint density at radius 1 is 1.19 bits per heavy atom. The maximum atomic E-state index is 13.0. The normalized spacial score (nSPS) is 17.1. The molecule has 1 atom stereocenters. The summed E-state index contributed by atoms with van der Waals surface area (Å²) in [5.41, 5.74) is 1.70. The van der Waals surface area contributed by atoms with Gasteiger partial charge in [-0.2, -0.15) is 0 Å². The molecular formula is C24H31BrN2O4. The van der Waals surface area contributed by atoms with Crippen LogP contribution in [-0.4, -0.2) is 34.1 Å². The molecule has 2 heterocycles. The molecule has 0 fully saturated rings. The Morgan fingerprint density at radius 2 is 1.90 bits per heavy atom. The Hall–Kier alpha value is -2.15. The average Bonchev–Trinajstić information content (AvgIpc) is 3.07. The molecular weight excluding hydrogens is 460 g/mol. The molecule has 2 aromatic rings. The second kappa shape index (κ2) is 8.77. The maximum absolute atomic E-state index is 13.0. The van der Waals surface area contributed by atoms with Gasteiger partial charge in [-0.1, -0.05) is 47.9 Å². The number of halogens is 1. The van der Waals surface area contributed by atoms with Crippen molar-refractivity contribution in [3.8, 4) is 0 Å². The van der Waals surface area contributed by atoms with E-state index in [1.54, 1.807) is 11.0 Å². The highest BCUT2D eigenvalue weighted by molar-refractivity contribution is 9.10. The summed E-state index contributed by atoms with van der Waals surface area (Å²) in [7, 11) is 0. The number of ketones is 1. The van der Waals surface area contributed by atoms with Crippen LogP contribution in [0.25, 0.3) is 0 Å². The topological polar surface area (TPSA) is 72.6 Å². The number of carbonyl (C=O) groups excluding carboxylic acids is 2. The third kappa shape index (κ3) is 5.97. The lowest BCUT2D eigenvalue weighted by Crippen LogP contribution is -2.36. The van der Waals surface area contributed by atoms with Crippen molar-refractivity contribution in [3.05, 3.63) is 51.3 Å². The second-order valence-corrected chi connectivity index (χ2v) is 11.1. The molecule has 0 radical (unpaired) electrons. The van der Waals surface area contributed by atoms with Gasteiger partial charge in [-0.25, -0.2) is 4.79 Å². The summed E-state index contributed by atoms with van der Waals surface area (Å²) in [6, 6.07) is 7.78. The van der Waals surface area contributed by atoms with Crippen molar-refractivity contribution in [2.24, 2.45) is 0 Å². The standard InChI is InChI=1S/C24H31BrN2O4/c1-23(2,3)21-13-19(26-31-21)20(28)12-15-9-10-27(22(29)30-24(4,5)6)14-16-11-17(25)7-8-18(15)16/h7-8,11,13,15H,9-10,12,14H2,1-6H3.